The monoisotopic (exact) mass is 469 g/mol. The van der Waals surface area contributed by atoms with Crippen LogP contribution in [-0.2, 0) is 16.6 Å². The van der Waals surface area contributed by atoms with Crippen molar-refractivity contribution in [1.29, 1.82) is 0 Å². The summed E-state index contributed by atoms with van der Waals surface area (Å²) in [6, 6.07) is 14.0. The van der Waals surface area contributed by atoms with Crippen molar-refractivity contribution in [3.8, 4) is 22.9 Å². The molecule has 0 radical (unpaired) electrons. The maximum Gasteiger partial charge on any atom is 0.317 e. The Kier molecular flexibility index (Phi) is 5.52. The minimum absolute atomic E-state index is 0.115. The van der Waals surface area contributed by atoms with E-state index in [1.54, 1.807) is 71.8 Å². The fourth-order valence-electron chi connectivity index (χ4n) is 3.62. The minimum Gasteiger partial charge on any atom is -0.453 e. The summed E-state index contributed by atoms with van der Waals surface area (Å²) in [6.45, 7) is 6.13. The molecule has 9 nitrogen and oxygen atoms in total. The molecule has 0 atom stereocenters. The Hall–Kier alpha value is -4.53. The molecule has 176 valence electrons. The Labute approximate surface area is 201 Å². The van der Waals surface area contributed by atoms with Crippen LogP contribution in [-0.4, -0.2) is 31.6 Å². The molecule has 3 aromatic heterocycles. The van der Waals surface area contributed by atoms with Gasteiger partial charge < -0.3 is 14.8 Å². The number of nitrogens with one attached hydrogen (secondary N) is 1. The van der Waals surface area contributed by atoms with E-state index >= 15 is 0 Å². The number of carbonyl (C=O) groups is 2. The fourth-order valence-corrected chi connectivity index (χ4v) is 3.62. The number of fused-ring (bicyclic) bond motifs is 1. The highest BCUT2D eigenvalue weighted by molar-refractivity contribution is 6.03. The number of ether oxygens (including phenoxy) is 2. The summed E-state index contributed by atoms with van der Waals surface area (Å²) in [5.41, 5.74) is 2.75. The Balaban J connectivity index is 1.41. The highest BCUT2D eigenvalue weighted by Crippen LogP contribution is 2.37. The van der Waals surface area contributed by atoms with E-state index in [-0.39, 0.29) is 23.7 Å². The molecule has 4 heterocycles. The zero-order valence-corrected chi connectivity index (χ0v) is 19.5. The average molecular weight is 470 g/mol. The highest BCUT2D eigenvalue weighted by atomic mass is 16.6. The van der Waals surface area contributed by atoms with Crippen molar-refractivity contribution < 1.29 is 19.1 Å². The van der Waals surface area contributed by atoms with Crippen molar-refractivity contribution in [2.75, 3.05) is 5.32 Å². The van der Waals surface area contributed by atoms with E-state index in [0.29, 0.717) is 34.3 Å². The SMILES string of the molecule is CC(C)(C)c1cc(C(=O)Nc2cccc(Oc3ccnc4c3OC(=O)C4)c2)n(-c2ccncc2)n1. The van der Waals surface area contributed by atoms with Crippen molar-refractivity contribution in [1.82, 2.24) is 19.7 Å². The van der Waals surface area contributed by atoms with E-state index < -0.39 is 0 Å². The van der Waals surface area contributed by atoms with Crippen LogP contribution in [0.3, 0.4) is 0 Å². The molecule has 9 heteroatoms. The van der Waals surface area contributed by atoms with Gasteiger partial charge in [0.25, 0.3) is 5.91 Å². The lowest BCUT2D eigenvalue weighted by molar-refractivity contribution is -0.131. The van der Waals surface area contributed by atoms with E-state index in [4.69, 9.17) is 9.47 Å². The number of pyridine rings is 2. The molecule has 0 spiro atoms. The van der Waals surface area contributed by atoms with Crippen LogP contribution in [0.25, 0.3) is 5.69 Å². The first-order valence-corrected chi connectivity index (χ1v) is 11.1. The molecule has 1 aromatic carbocycles. The maximum atomic E-state index is 13.3. The van der Waals surface area contributed by atoms with Crippen LogP contribution in [0.15, 0.2) is 67.1 Å². The van der Waals surface area contributed by atoms with E-state index in [1.807, 2.05) is 20.8 Å². The van der Waals surface area contributed by atoms with Gasteiger partial charge in [0, 0.05) is 41.8 Å². The molecule has 1 aliphatic heterocycles. The van der Waals surface area contributed by atoms with E-state index in [2.05, 4.69) is 20.4 Å². The Morgan fingerprint density at radius 1 is 1.09 bits per heavy atom. The molecule has 0 aliphatic carbocycles. The number of rotatable bonds is 5. The molecule has 0 bridgehead atoms. The molecule has 35 heavy (non-hydrogen) atoms. The molecule has 5 rings (SSSR count). The lowest BCUT2D eigenvalue weighted by Crippen LogP contribution is -2.17. The van der Waals surface area contributed by atoms with Gasteiger partial charge in [-0.25, -0.2) is 4.68 Å². The molecule has 1 N–H and O–H groups in total. The number of esters is 1. The van der Waals surface area contributed by atoms with Gasteiger partial charge in [-0.1, -0.05) is 26.8 Å². The number of nitrogens with zero attached hydrogens (tertiary/aromatic N) is 4. The third kappa shape index (κ3) is 4.61. The van der Waals surface area contributed by atoms with Crippen LogP contribution in [0.2, 0.25) is 0 Å². The molecule has 0 fully saturated rings. The Morgan fingerprint density at radius 2 is 1.89 bits per heavy atom. The van der Waals surface area contributed by atoms with Crippen LogP contribution in [0, 0.1) is 0 Å². The normalized spacial score (nSPS) is 12.7. The maximum absolute atomic E-state index is 13.3. The van der Waals surface area contributed by atoms with Crippen LogP contribution < -0.4 is 14.8 Å². The third-order valence-corrected chi connectivity index (χ3v) is 5.41. The van der Waals surface area contributed by atoms with E-state index in [1.165, 1.54) is 0 Å². The molecule has 1 aliphatic rings. The summed E-state index contributed by atoms with van der Waals surface area (Å²) in [6.07, 6.45) is 4.99. The predicted octanol–water partition coefficient (Wildman–Crippen LogP) is 4.47. The number of hydrogen-bond donors (Lipinski definition) is 1. The topological polar surface area (TPSA) is 108 Å². The van der Waals surface area contributed by atoms with Crippen molar-refractivity contribution >= 4 is 17.6 Å². The van der Waals surface area contributed by atoms with Gasteiger partial charge in [-0.15, -0.1) is 0 Å². The number of benzene rings is 1. The van der Waals surface area contributed by atoms with Gasteiger partial charge in [0.2, 0.25) is 0 Å². The minimum atomic E-state index is -0.370. The quantitative estimate of drug-likeness (QED) is 0.430. The fraction of sp³-hybridized carbons (Fsp3) is 0.192. The van der Waals surface area contributed by atoms with Gasteiger partial charge in [-0.2, -0.15) is 5.10 Å². The van der Waals surface area contributed by atoms with Gasteiger partial charge >= 0.3 is 5.97 Å². The first kappa shape index (κ1) is 22.3. The van der Waals surface area contributed by atoms with Crippen molar-refractivity contribution in [3.63, 3.8) is 0 Å². The first-order chi connectivity index (χ1) is 16.8. The number of amides is 1. The van der Waals surface area contributed by atoms with Gasteiger partial charge in [0.15, 0.2) is 11.5 Å². The second kappa shape index (κ2) is 8.68. The smallest absolute Gasteiger partial charge is 0.317 e. The largest absolute Gasteiger partial charge is 0.453 e. The van der Waals surface area contributed by atoms with Crippen LogP contribution in [0.1, 0.15) is 42.6 Å². The van der Waals surface area contributed by atoms with Gasteiger partial charge in [-0.05, 0) is 30.3 Å². The summed E-state index contributed by atoms with van der Waals surface area (Å²) in [7, 11) is 0. The third-order valence-electron chi connectivity index (χ3n) is 5.41. The van der Waals surface area contributed by atoms with Crippen LogP contribution in [0.4, 0.5) is 5.69 Å². The van der Waals surface area contributed by atoms with Gasteiger partial charge in [-0.3, -0.25) is 19.6 Å². The average Bonchev–Trinajstić information content (AvgIpc) is 3.44. The summed E-state index contributed by atoms with van der Waals surface area (Å²) in [5.74, 6) is 0.487. The van der Waals surface area contributed by atoms with Crippen molar-refractivity contribution in [3.05, 3.63) is 84.2 Å². The zero-order chi connectivity index (χ0) is 24.6. The predicted molar refractivity (Wildman–Crippen MR) is 128 cm³/mol. The van der Waals surface area contributed by atoms with Crippen molar-refractivity contribution in [2.24, 2.45) is 0 Å². The molecule has 0 unspecified atom stereocenters. The lowest BCUT2D eigenvalue weighted by atomic mass is 9.92. The van der Waals surface area contributed by atoms with Gasteiger partial charge in [0.1, 0.15) is 11.4 Å². The molecule has 1 amide bonds. The molecular formula is C26H23N5O4. The lowest BCUT2D eigenvalue weighted by Gasteiger charge is -2.14. The molecule has 0 saturated heterocycles. The number of anilines is 1. The number of aromatic nitrogens is 4. The zero-order valence-electron chi connectivity index (χ0n) is 19.5. The van der Waals surface area contributed by atoms with Crippen LogP contribution in [0.5, 0.6) is 17.2 Å². The molecule has 4 aromatic rings. The number of hydrogen-bond acceptors (Lipinski definition) is 7. The van der Waals surface area contributed by atoms with E-state index in [0.717, 1.165) is 11.4 Å². The summed E-state index contributed by atoms with van der Waals surface area (Å²) in [5, 5.41) is 7.61. The Bertz CT molecular complexity index is 1420. The standard InChI is InChI=1S/C26H23N5O4/c1-26(2,3)22-15-20(31(30-22)17-7-10-27-11-8-17)25(33)29-16-5-4-6-18(13-16)34-21-9-12-28-19-14-23(32)35-24(19)21/h4-13,15H,14H2,1-3H3,(H,29,33). The van der Waals surface area contributed by atoms with E-state index in [9.17, 15) is 9.59 Å². The molecular weight excluding hydrogens is 446 g/mol. The second-order valence-electron chi connectivity index (χ2n) is 9.10. The summed E-state index contributed by atoms with van der Waals surface area (Å²) in [4.78, 5) is 33.2. The summed E-state index contributed by atoms with van der Waals surface area (Å²) >= 11 is 0. The Morgan fingerprint density at radius 3 is 2.66 bits per heavy atom. The number of carbonyl (C=O) groups excluding carboxylic acids is 2. The summed E-state index contributed by atoms with van der Waals surface area (Å²) < 4.78 is 12.8. The highest BCUT2D eigenvalue weighted by Gasteiger charge is 2.26. The van der Waals surface area contributed by atoms with Crippen molar-refractivity contribution in [2.45, 2.75) is 32.6 Å². The molecule has 0 saturated carbocycles. The van der Waals surface area contributed by atoms with Gasteiger partial charge in [0.05, 0.1) is 23.5 Å². The van der Waals surface area contributed by atoms with Crippen LogP contribution >= 0.6 is 0 Å². The first-order valence-electron chi connectivity index (χ1n) is 11.1. The second-order valence-corrected chi connectivity index (χ2v) is 9.10.